The summed E-state index contributed by atoms with van der Waals surface area (Å²) in [6.07, 6.45) is 1.60. The second-order valence-electron chi connectivity index (χ2n) is 6.70. The monoisotopic (exact) mass is 373 g/mol. The summed E-state index contributed by atoms with van der Waals surface area (Å²) in [5, 5.41) is 10.3. The van der Waals surface area contributed by atoms with Crippen molar-refractivity contribution in [2.75, 3.05) is 26.3 Å². The minimum atomic E-state index is -0.565. The summed E-state index contributed by atoms with van der Waals surface area (Å²) in [7, 11) is 0. The van der Waals surface area contributed by atoms with E-state index in [0.717, 1.165) is 60.6 Å². The molecule has 1 aliphatic rings. The molecule has 140 valence electrons. The molecule has 1 aliphatic heterocycles. The van der Waals surface area contributed by atoms with Crippen LogP contribution in [0.2, 0.25) is 0 Å². The van der Waals surface area contributed by atoms with E-state index in [4.69, 9.17) is 15.5 Å². The minimum absolute atomic E-state index is 0.213. The number of aromatic nitrogens is 2. The van der Waals surface area contributed by atoms with Gasteiger partial charge in [0.1, 0.15) is 5.69 Å². The van der Waals surface area contributed by atoms with E-state index in [9.17, 15) is 10.1 Å². The van der Waals surface area contributed by atoms with Gasteiger partial charge in [-0.25, -0.2) is 4.98 Å². The molecule has 0 bridgehead atoms. The van der Waals surface area contributed by atoms with Crippen LogP contribution in [0, 0.1) is 11.3 Å². The molecule has 1 amide bonds. The van der Waals surface area contributed by atoms with Crippen molar-refractivity contribution in [3.8, 4) is 17.3 Å². The van der Waals surface area contributed by atoms with E-state index < -0.39 is 5.91 Å². The lowest BCUT2D eigenvalue weighted by atomic mass is 10.0. The summed E-state index contributed by atoms with van der Waals surface area (Å²) in [4.78, 5) is 22.5. The molecule has 4 rings (SSSR count). The van der Waals surface area contributed by atoms with Gasteiger partial charge in [0.05, 0.1) is 36.1 Å². The summed E-state index contributed by atoms with van der Waals surface area (Å²) in [6.45, 7) is 3.99. The van der Waals surface area contributed by atoms with Gasteiger partial charge in [-0.2, -0.15) is 5.26 Å². The molecule has 0 unspecified atom stereocenters. The zero-order valence-corrected chi connectivity index (χ0v) is 15.3. The zero-order chi connectivity index (χ0) is 19.5. The fraction of sp³-hybridized carbons (Fsp3) is 0.238. The Morgan fingerprint density at radius 2 is 2.04 bits per heavy atom. The quantitative estimate of drug-likeness (QED) is 0.751. The summed E-state index contributed by atoms with van der Waals surface area (Å²) in [6, 6.07) is 13.2. The standard InChI is InChI=1S/C21H19N5O2/c22-11-14-1-3-17-16(13-26-5-7-28-8-6-26)10-19(25-20(17)9-14)15-2-4-18(21(23)27)24-12-15/h1-4,9-10,12H,5-8,13H2,(H2,23,27). The van der Waals surface area contributed by atoms with Crippen molar-refractivity contribution in [2.45, 2.75) is 6.54 Å². The van der Waals surface area contributed by atoms with Crippen LogP contribution in [0.15, 0.2) is 42.6 Å². The van der Waals surface area contributed by atoms with Crippen LogP contribution in [-0.4, -0.2) is 47.1 Å². The average Bonchev–Trinajstić information content (AvgIpc) is 2.74. The molecule has 7 nitrogen and oxygen atoms in total. The number of nitriles is 1. The van der Waals surface area contributed by atoms with Gasteiger partial charge in [-0.15, -0.1) is 0 Å². The number of nitrogens with zero attached hydrogens (tertiary/aromatic N) is 4. The molecule has 0 aliphatic carbocycles. The van der Waals surface area contributed by atoms with Crippen LogP contribution >= 0.6 is 0 Å². The summed E-state index contributed by atoms with van der Waals surface area (Å²) >= 11 is 0. The Morgan fingerprint density at radius 3 is 2.71 bits per heavy atom. The number of fused-ring (bicyclic) bond motifs is 1. The Morgan fingerprint density at radius 1 is 1.21 bits per heavy atom. The number of rotatable bonds is 4. The van der Waals surface area contributed by atoms with Gasteiger partial charge in [-0.1, -0.05) is 6.07 Å². The lowest BCUT2D eigenvalue weighted by Crippen LogP contribution is -2.35. The molecule has 0 saturated carbocycles. The Kier molecular flexibility index (Phi) is 4.98. The van der Waals surface area contributed by atoms with Crippen LogP contribution in [0.1, 0.15) is 21.6 Å². The number of hydrogen-bond donors (Lipinski definition) is 1. The highest BCUT2D eigenvalue weighted by Crippen LogP contribution is 2.26. The Balaban J connectivity index is 1.79. The second-order valence-corrected chi connectivity index (χ2v) is 6.70. The molecule has 1 aromatic carbocycles. The van der Waals surface area contributed by atoms with Gasteiger partial charge in [-0.05, 0) is 35.9 Å². The maximum atomic E-state index is 11.3. The Labute approximate surface area is 162 Å². The maximum Gasteiger partial charge on any atom is 0.267 e. The third kappa shape index (κ3) is 3.69. The maximum absolute atomic E-state index is 11.3. The molecule has 2 aromatic heterocycles. The number of primary amides is 1. The molecule has 28 heavy (non-hydrogen) atoms. The lowest BCUT2D eigenvalue weighted by molar-refractivity contribution is 0.0343. The van der Waals surface area contributed by atoms with Crippen molar-refractivity contribution in [1.29, 1.82) is 5.26 Å². The van der Waals surface area contributed by atoms with Crippen molar-refractivity contribution in [1.82, 2.24) is 14.9 Å². The number of morpholine rings is 1. The van der Waals surface area contributed by atoms with Gasteiger partial charge < -0.3 is 10.5 Å². The molecule has 0 spiro atoms. The van der Waals surface area contributed by atoms with Crippen LogP contribution in [0.4, 0.5) is 0 Å². The summed E-state index contributed by atoms with van der Waals surface area (Å²) in [5.74, 6) is -0.565. The predicted molar refractivity (Wildman–Crippen MR) is 104 cm³/mol. The Bertz CT molecular complexity index is 1070. The summed E-state index contributed by atoms with van der Waals surface area (Å²) in [5.41, 5.74) is 9.48. The van der Waals surface area contributed by atoms with Gasteiger partial charge >= 0.3 is 0 Å². The van der Waals surface area contributed by atoms with Gasteiger partial charge in [0.15, 0.2) is 0 Å². The lowest BCUT2D eigenvalue weighted by Gasteiger charge is -2.27. The molecular weight excluding hydrogens is 354 g/mol. The van der Waals surface area contributed by atoms with Gasteiger partial charge in [0, 0.05) is 36.8 Å². The SMILES string of the molecule is N#Cc1ccc2c(CN3CCOCC3)cc(-c3ccc(C(N)=O)nc3)nc2c1. The van der Waals surface area contributed by atoms with Crippen LogP contribution in [0.3, 0.4) is 0 Å². The highest BCUT2D eigenvalue weighted by molar-refractivity contribution is 5.91. The topological polar surface area (TPSA) is 105 Å². The largest absolute Gasteiger partial charge is 0.379 e. The van der Waals surface area contributed by atoms with Crippen LogP contribution in [0.25, 0.3) is 22.2 Å². The smallest absolute Gasteiger partial charge is 0.267 e. The molecule has 1 fully saturated rings. The number of amides is 1. The number of carbonyl (C=O) groups excluding carboxylic acids is 1. The number of pyridine rings is 2. The third-order valence-corrected chi connectivity index (χ3v) is 4.83. The number of benzene rings is 1. The van der Waals surface area contributed by atoms with Crippen molar-refractivity contribution in [3.63, 3.8) is 0 Å². The minimum Gasteiger partial charge on any atom is -0.379 e. The molecule has 3 aromatic rings. The first-order valence-electron chi connectivity index (χ1n) is 9.04. The first-order chi connectivity index (χ1) is 13.6. The highest BCUT2D eigenvalue weighted by atomic mass is 16.5. The third-order valence-electron chi connectivity index (χ3n) is 4.83. The molecule has 1 saturated heterocycles. The Hall–Kier alpha value is -3.34. The number of carbonyl (C=O) groups is 1. The van der Waals surface area contributed by atoms with Crippen molar-refractivity contribution < 1.29 is 9.53 Å². The predicted octanol–water partition coefficient (Wildman–Crippen LogP) is 2.10. The second kappa shape index (κ2) is 7.72. The molecule has 2 N–H and O–H groups in total. The van der Waals surface area contributed by atoms with Crippen molar-refractivity contribution in [3.05, 3.63) is 59.4 Å². The van der Waals surface area contributed by atoms with Gasteiger partial charge in [0.2, 0.25) is 0 Å². The average molecular weight is 373 g/mol. The van der Waals surface area contributed by atoms with Crippen LogP contribution in [-0.2, 0) is 11.3 Å². The zero-order valence-electron chi connectivity index (χ0n) is 15.3. The van der Waals surface area contributed by atoms with E-state index in [1.54, 1.807) is 24.4 Å². The van der Waals surface area contributed by atoms with E-state index in [2.05, 4.69) is 16.0 Å². The van der Waals surface area contributed by atoms with E-state index >= 15 is 0 Å². The first kappa shape index (κ1) is 18.0. The fourth-order valence-electron chi connectivity index (χ4n) is 3.34. The number of hydrogen-bond acceptors (Lipinski definition) is 6. The summed E-state index contributed by atoms with van der Waals surface area (Å²) < 4.78 is 5.44. The molecule has 0 radical (unpaired) electrons. The van der Waals surface area contributed by atoms with E-state index in [1.165, 1.54) is 0 Å². The molecule has 3 heterocycles. The van der Waals surface area contributed by atoms with Crippen molar-refractivity contribution in [2.24, 2.45) is 5.73 Å². The molecule has 0 atom stereocenters. The van der Waals surface area contributed by atoms with Crippen molar-refractivity contribution >= 4 is 16.8 Å². The van der Waals surface area contributed by atoms with Crippen LogP contribution in [0.5, 0.6) is 0 Å². The van der Waals surface area contributed by atoms with E-state index in [1.807, 2.05) is 18.2 Å². The highest BCUT2D eigenvalue weighted by Gasteiger charge is 2.15. The molecular formula is C21H19N5O2. The fourth-order valence-corrected chi connectivity index (χ4v) is 3.34. The van der Waals surface area contributed by atoms with Gasteiger partial charge in [0.25, 0.3) is 5.91 Å². The van der Waals surface area contributed by atoms with Crippen LogP contribution < -0.4 is 5.73 Å². The van der Waals surface area contributed by atoms with E-state index in [0.29, 0.717) is 5.56 Å². The number of ether oxygens (including phenoxy) is 1. The number of nitrogens with two attached hydrogens (primary N) is 1. The van der Waals surface area contributed by atoms with E-state index in [-0.39, 0.29) is 5.69 Å². The first-order valence-corrected chi connectivity index (χ1v) is 9.04. The molecule has 7 heteroatoms. The van der Waals surface area contributed by atoms with Gasteiger partial charge in [-0.3, -0.25) is 14.7 Å². The normalized spacial score (nSPS) is 14.7.